The number of hydrogen-bond donors (Lipinski definition) is 3. The Labute approximate surface area is 200 Å². The average Bonchev–Trinajstić information content (AvgIpc) is 2.86. The maximum Gasteiger partial charge on any atom is 0.266 e. The van der Waals surface area contributed by atoms with Gasteiger partial charge in [-0.3, -0.25) is 14.9 Å². The molecule has 1 amide bonds. The van der Waals surface area contributed by atoms with E-state index in [1.807, 2.05) is 38.1 Å². The van der Waals surface area contributed by atoms with Crippen LogP contribution >= 0.6 is 0 Å². The fraction of sp³-hybridized carbons (Fsp3) is 0.333. The Morgan fingerprint density at radius 2 is 1.76 bits per heavy atom. The quantitative estimate of drug-likeness (QED) is 0.298. The van der Waals surface area contributed by atoms with Gasteiger partial charge in [0.1, 0.15) is 11.9 Å². The Hall–Kier alpha value is -3.44. The summed E-state index contributed by atoms with van der Waals surface area (Å²) in [5.74, 6) is 6.54. The van der Waals surface area contributed by atoms with Crippen LogP contribution in [0.25, 0.3) is 10.8 Å². The van der Waals surface area contributed by atoms with E-state index in [2.05, 4.69) is 51.3 Å². The molecule has 1 aliphatic rings. The van der Waals surface area contributed by atoms with E-state index in [0.29, 0.717) is 5.82 Å². The maximum absolute atomic E-state index is 11.9. The molecule has 2 heterocycles. The molecule has 4 rings (SSSR count). The SMILES string of the molecule is CC(C)C(Nc1cc2cc(C#Cc3ccc(CN4CCOCC4)cc3)ccc2cn1)C(=O)NO. The highest BCUT2D eigenvalue weighted by Crippen LogP contribution is 2.20. The van der Waals surface area contributed by atoms with Crippen molar-refractivity contribution in [2.24, 2.45) is 5.92 Å². The number of fused-ring (bicyclic) bond motifs is 1. The second kappa shape index (κ2) is 11.1. The van der Waals surface area contributed by atoms with Gasteiger partial charge in [-0.25, -0.2) is 10.5 Å². The van der Waals surface area contributed by atoms with Crippen molar-refractivity contribution in [3.8, 4) is 11.8 Å². The lowest BCUT2D eigenvalue weighted by molar-refractivity contribution is -0.130. The largest absolute Gasteiger partial charge is 0.379 e. The number of rotatable bonds is 6. The second-order valence-electron chi connectivity index (χ2n) is 8.81. The molecule has 1 aliphatic heterocycles. The summed E-state index contributed by atoms with van der Waals surface area (Å²) in [6.45, 7) is 8.29. The van der Waals surface area contributed by atoms with Gasteiger partial charge in [-0.05, 0) is 47.2 Å². The number of anilines is 1. The van der Waals surface area contributed by atoms with Crippen LogP contribution in [0.5, 0.6) is 0 Å². The summed E-state index contributed by atoms with van der Waals surface area (Å²) in [5, 5.41) is 14.1. The van der Waals surface area contributed by atoms with E-state index in [1.54, 1.807) is 11.7 Å². The summed E-state index contributed by atoms with van der Waals surface area (Å²) in [7, 11) is 0. The van der Waals surface area contributed by atoms with Crippen LogP contribution in [0, 0.1) is 17.8 Å². The van der Waals surface area contributed by atoms with Gasteiger partial charge >= 0.3 is 0 Å². The number of nitrogens with one attached hydrogen (secondary N) is 2. The Morgan fingerprint density at radius 3 is 2.47 bits per heavy atom. The van der Waals surface area contributed by atoms with E-state index >= 15 is 0 Å². The molecule has 3 aromatic rings. The zero-order valence-electron chi connectivity index (χ0n) is 19.5. The van der Waals surface area contributed by atoms with Crippen LogP contribution in [0.3, 0.4) is 0 Å². The summed E-state index contributed by atoms with van der Waals surface area (Å²) < 4.78 is 5.41. The number of carbonyl (C=O) groups is 1. The fourth-order valence-corrected chi connectivity index (χ4v) is 3.92. The van der Waals surface area contributed by atoms with Crippen LogP contribution in [0.1, 0.15) is 30.5 Å². The van der Waals surface area contributed by atoms with Crippen molar-refractivity contribution >= 4 is 22.5 Å². The van der Waals surface area contributed by atoms with Gasteiger partial charge in [0, 0.05) is 42.3 Å². The lowest BCUT2D eigenvalue weighted by Crippen LogP contribution is -2.41. The molecule has 1 atom stereocenters. The molecule has 2 aromatic carbocycles. The van der Waals surface area contributed by atoms with E-state index < -0.39 is 11.9 Å². The molecule has 34 heavy (non-hydrogen) atoms. The Morgan fingerprint density at radius 1 is 1.06 bits per heavy atom. The van der Waals surface area contributed by atoms with Crippen molar-refractivity contribution in [1.82, 2.24) is 15.4 Å². The zero-order chi connectivity index (χ0) is 23.9. The highest BCUT2D eigenvalue weighted by Gasteiger charge is 2.22. The average molecular weight is 459 g/mol. The minimum Gasteiger partial charge on any atom is -0.379 e. The maximum atomic E-state index is 11.9. The van der Waals surface area contributed by atoms with Crippen LogP contribution in [-0.2, 0) is 16.1 Å². The van der Waals surface area contributed by atoms with Crippen molar-refractivity contribution in [1.29, 1.82) is 0 Å². The van der Waals surface area contributed by atoms with Gasteiger partial charge in [0.05, 0.1) is 13.2 Å². The van der Waals surface area contributed by atoms with Crippen LogP contribution in [0.15, 0.2) is 54.7 Å². The summed E-state index contributed by atoms with van der Waals surface area (Å²) in [4.78, 5) is 18.7. The molecule has 7 nitrogen and oxygen atoms in total. The Kier molecular flexibility index (Phi) is 7.76. The minimum absolute atomic E-state index is 0.0258. The molecule has 7 heteroatoms. The third kappa shape index (κ3) is 6.12. The number of aromatic nitrogens is 1. The number of nitrogens with zero attached hydrogens (tertiary/aromatic N) is 2. The smallest absolute Gasteiger partial charge is 0.266 e. The molecular formula is C27H30N4O3. The molecule has 0 aliphatic carbocycles. The Bertz CT molecular complexity index is 1190. The predicted molar refractivity (Wildman–Crippen MR) is 132 cm³/mol. The van der Waals surface area contributed by atoms with E-state index in [0.717, 1.165) is 54.7 Å². The molecule has 1 saturated heterocycles. The lowest BCUT2D eigenvalue weighted by Gasteiger charge is -2.26. The van der Waals surface area contributed by atoms with Crippen LogP contribution in [0.4, 0.5) is 5.82 Å². The molecule has 3 N–H and O–H groups in total. The van der Waals surface area contributed by atoms with Gasteiger partial charge in [0.2, 0.25) is 0 Å². The van der Waals surface area contributed by atoms with Gasteiger partial charge in [-0.15, -0.1) is 0 Å². The first-order chi connectivity index (χ1) is 16.5. The van der Waals surface area contributed by atoms with E-state index in [-0.39, 0.29) is 5.92 Å². The van der Waals surface area contributed by atoms with Gasteiger partial charge in [0.25, 0.3) is 5.91 Å². The summed E-state index contributed by atoms with van der Waals surface area (Å²) in [5.41, 5.74) is 4.86. The lowest BCUT2D eigenvalue weighted by atomic mass is 10.0. The van der Waals surface area contributed by atoms with Crippen molar-refractivity contribution in [3.63, 3.8) is 0 Å². The molecule has 0 saturated carbocycles. The van der Waals surface area contributed by atoms with Crippen LogP contribution < -0.4 is 10.8 Å². The fourth-order valence-electron chi connectivity index (χ4n) is 3.92. The monoisotopic (exact) mass is 458 g/mol. The first kappa shape index (κ1) is 23.7. The number of hydrogen-bond acceptors (Lipinski definition) is 6. The summed E-state index contributed by atoms with van der Waals surface area (Å²) in [6, 6.07) is 15.7. The topological polar surface area (TPSA) is 86.7 Å². The van der Waals surface area contributed by atoms with Crippen LogP contribution in [-0.4, -0.2) is 53.3 Å². The minimum atomic E-state index is -0.593. The number of benzene rings is 2. The Balaban J connectivity index is 1.47. The molecule has 1 aromatic heterocycles. The van der Waals surface area contributed by atoms with Crippen molar-refractivity contribution < 1.29 is 14.7 Å². The van der Waals surface area contributed by atoms with Crippen molar-refractivity contribution in [2.75, 3.05) is 31.6 Å². The molecule has 0 spiro atoms. The second-order valence-corrected chi connectivity index (χ2v) is 8.81. The number of hydroxylamine groups is 1. The van der Waals surface area contributed by atoms with Crippen LogP contribution in [0.2, 0.25) is 0 Å². The third-order valence-electron chi connectivity index (χ3n) is 5.90. The molecule has 0 radical (unpaired) electrons. The normalized spacial score (nSPS) is 14.9. The van der Waals surface area contributed by atoms with Crippen molar-refractivity contribution in [2.45, 2.75) is 26.4 Å². The number of pyridine rings is 1. The van der Waals surface area contributed by atoms with Gasteiger partial charge < -0.3 is 10.1 Å². The highest BCUT2D eigenvalue weighted by atomic mass is 16.5. The molecular weight excluding hydrogens is 428 g/mol. The first-order valence-electron chi connectivity index (χ1n) is 11.5. The molecule has 1 fully saturated rings. The molecule has 0 bridgehead atoms. The number of carbonyl (C=O) groups excluding carboxylic acids is 1. The summed E-state index contributed by atoms with van der Waals surface area (Å²) in [6.07, 6.45) is 1.76. The van der Waals surface area contributed by atoms with E-state index in [9.17, 15) is 4.79 Å². The molecule has 1 unspecified atom stereocenters. The standard InChI is InChI=1S/C27H30N4O3/c1-19(2)26(27(32)30-33)29-25-16-24-15-21(9-10-23(24)17-28-25)6-3-20-4-7-22(8-5-20)18-31-11-13-34-14-12-31/h4-5,7-10,15-17,19,26,33H,11-14,18H2,1-2H3,(H,28,29)(H,30,32). The molecule has 176 valence electrons. The van der Waals surface area contributed by atoms with E-state index in [1.165, 1.54) is 5.56 Å². The number of amides is 1. The number of morpholine rings is 1. The van der Waals surface area contributed by atoms with Gasteiger partial charge in [-0.2, -0.15) is 0 Å². The van der Waals surface area contributed by atoms with Crippen molar-refractivity contribution in [3.05, 3.63) is 71.4 Å². The number of ether oxygens (including phenoxy) is 1. The highest BCUT2D eigenvalue weighted by molar-refractivity contribution is 5.87. The first-order valence-corrected chi connectivity index (χ1v) is 11.5. The van der Waals surface area contributed by atoms with Gasteiger partial charge in [0.15, 0.2) is 0 Å². The van der Waals surface area contributed by atoms with E-state index in [4.69, 9.17) is 9.94 Å². The summed E-state index contributed by atoms with van der Waals surface area (Å²) >= 11 is 0. The zero-order valence-corrected chi connectivity index (χ0v) is 19.5. The predicted octanol–water partition coefficient (Wildman–Crippen LogP) is 3.41. The van der Waals surface area contributed by atoms with Gasteiger partial charge in [-0.1, -0.05) is 43.9 Å². The third-order valence-corrected chi connectivity index (χ3v) is 5.90.